The number of nitrogens with one attached hydrogen (secondary N) is 1. The van der Waals surface area contributed by atoms with Crippen LogP contribution in [0.5, 0.6) is 0 Å². The molecule has 0 atom stereocenters. The number of aryl methyl sites for hydroxylation is 3. The highest BCUT2D eigenvalue weighted by Gasteiger charge is 2.21. The van der Waals surface area contributed by atoms with Crippen LogP contribution < -0.4 is 10.2 Å². The van der Waals surface area contributed by atoms with Crippen LogP contribution in [-0.2, 0) is 13.5 Å². The average Bonchev–Trinajstić information content (AvgIpc) is 2.95. The van der Waals surface area contributed by atoms with Gasteiger partial charge < -0.3 is 15.1 Å². The first-order valence-corrected chi connectivity index (χ1v) is 10.8. The fourth-order valence-electron chi connectivity index (χ4n) is 4.12. The number of nitrogens with zero attached hydrogens (tertiary/aromatic N) is 5. The Morgan fingerprint density at radius 3 is 2.40 bits per heavy atom. The van der Waals surface area contributed by atoms with Crippen LogP contribution in [0.3, 0.4) is 0 Å². The van der Waals surface area contributed by atoms with Gasteiger partial charge in [-0.15, -0.1) is 24.0 Å². The van der Waals surface area contributed by atoms with E-state index in [1.807, 2.05) is 11.7 Å². The third-order valence-corrected chi connectivity index (χ3v) is 6.11. The van der Waals surface area contributed by atoms with Crippen molar-refractivity contribution >= 4 is 35.6 Å². The van der Waals surface area contributed by atoms with Crippen molar-refractivity contribution < 1.29 is 0 Å². The molecule has 0 radical (unpaired) electrons. The number of aromatic nitrogens is 2. The van der Waals surface area contributed by atoms with Gasteiger partial charge in [-0.25, -0.2) is 0 Å². The molecular weight excluding hydrogens is 487 g/mol. The molecule has 1 aliphatic heterocycles. The molecule has 0 unspecified atom stereocenters. The van der Waals surface area contributed by atoms with E-state index in [0.29, 0.717) is 0 Å². The smallest absolute Gasteiger partial charge is 0.194 e. The highest BCUT2D eigenvalue weighted by molar-refractivity contribution is 14.0. The van der Waals surface area contributed by atoms with E-state index < -0.39 is 0 Å². The molecule has 7 heteroatoms. The zero-order valence-electron chi connectivity index (χ0n) is 19.3. The maximum atomic E-state index is 4.93. The van der Waals surface area contributed by atoms with Gasteiger partial charge in [0.25, 0.3) is 0 Å². The lowest BCUT2D eigenvalue weighted by Crippen LogP contribution is -2.52. The van der Waals surface area contributed by atoms with Gasteiger partial charge in [-0.2, -0.15) is 5.10 Å². The van der Waals surface area contributed by atoms with E-state index in [-0.39, 0.29) is 24.0 Å². The summed E-state index contributed by atoms with van der Waals surface area (Å²) in [6.45, 7) is 16.5. The predicted octanol–water partition coefficient (Wildman–Crippen LogP) is 3.60. The van der Waals surface area contributed by atoms with Crippen molar-refractivity contribution in [3.8, 4) is 0 Å². The molecule has 0 bridgehead atoms. The second-order valence-corrected chi connectivity index (χ2v) is 7.95. The van der Waals surface area contributed by atoms with Crippen LogP contribution in [0.1, 0.15) is 35.0 Å². The Kier molecular flexibility index (Phi) is 9.00. The molecule has 0 aliphatic carbocycles. The molecule has 166 valence electrons. The van der Waals surface area contributed by atoms with E-state index in [2.05, 4.69) is 73.0 Å². The van der Waals surface area contributed by atoms with Crippen molar-refractivity contribution in [2.24, 2.45) is 12.0 Å². The van der Waals surface area contributed by atoms with Crippen molar-refractivity contribution in [2.45, 2.75) is 41.0 Å². The van der Waals surface area contributed by atoms with Gasteiger partial charge >= 0.3 is 0 Å². The normalized spacial score (nSPS) is 14.7. The fraction of sp³-hybridized carbons (Fsp3) is 0.565. The molecule has 2 heterocycles. The first kappa shape index (κ1) is 24.5. The van der Waals surface area contributed by atoms with Crippen LogP contribution in [0.25, 0.3) is 0 Å². The number of aliphatic imine (C=N–C) groups is 1. The number of hydrogen-bond donors (Lipinski definition) is 1. The molecule has 30 heavy (non-hydrogen) atoms. The number of guanidine groups is 1. The Balaban J connectivity index is 0.00000320. The highest BCUT2D eigenvalue weighted by atomic mass is 127. The largest absolute Gasteiger partial charge is 0.368 e. The Morgan fingerprint density at radius 2 is 1.80 bits per heavy atom. The molecule has 1 aromatic heterocycles. The standard InChI is InChI=1S/C23H36N6.HI/c1-7-24-23(25-12-11-21-19(4)26-27(6)20(21)5)29-15-13-28(14-16-29)22-10-8-9-17(2)18(22)3;/h8-10H,7,11-16H2,1-6H3,(H,24,25);1H. The van der Waals surface area contributed by atoms with Gasteiger partial charge in [0.15, 0.2) is 5.96 Å². The van der Waals surface area contributed by atoms with Gasteiger partial charge in [-0.3, -0.25) is 9.67 Å². The van der Waals surface area contributed by atoms with Crippen LogP contribution in [0, 0.1) is 27.7 Å². The molecule has 1 aromatic carbocycles. The number of anilines is 1. The Bertz CT molecular complexity index is 865. The summed E-state index contributed by atoms with van der Waals surface area (Å²) in [4.78, 5) is 9.83. The topological polar surface area (TPSA) is 48.7 Å². The summed E-state index contributed by atoms with van der Waals surface area (Å²) in [5.41, 5.74) is 7.81. The maximum Gasteiger partial charge on any atom is 0.194 e. The number of halogens is 1. The minimum absolute atomic E-state index is 0. The third kappa shape index (κ3) is 5.47. The number of rotatable bonds is 5. The molecular formula is C23H37IN6. The third-order valence-electron chi connectivity index (χ3n) is 6.11. The number of benzene rings is 1. The number of hydrogen-bond acceptors (Lipinski definition) is 3. The van der Waals surface area contributed by atoms with Crippen molar-refractivity contribution in [3.63, 3.8) is 0 Å². The fourth-order valence-corrected chi connectivity index (χ4v) is 4.12. The average molecular weight is 524 g/mol. The second-order valence-electron chi connectivity index (χ2n) is 7.95. The summed E-state index contributed by atoms with van der Waals surface area (Å²) in [7, 11) is 2.01. The summed E-state index contributed by atoms with van der Waals surface area (Å²) >= 11 is 0. The first-order valence-electron chi connectivity index (χ1n) is 10.8. The molecule has 3 rings (SSSR count). The SMILES string of the molecule is CCNC(=NCCc1c(C)nn(C)c1C)N1CCN(c2cccc(C)c2C)CC1.I. The molecule has 0 saturated carbocycles. The molecule has 0 spiro atoms. The van der Waals surface area contributed by atoms with E-state index in [1.54, 1.807) is 0 Å². The molecule has 1 N–H and O–H groups in total. The van der Waals surface area contributed by atoms with Gasteiger partial charge in [-0.1, -0.05) is 12.1 Å². The van der Waals surface area contributed by atoms with Crippen molar-refractivity contribution in [2.75, 3.05) is 44.2 Å². The van der Waals surface area contributed by atoms with Crippen LogP contribution in [0.4, 0.5) is 5.69 Å². The lowest BCUT2D eigenvalue weighted by atomic mass is 10.1. The monoisotopic (exact) mass is 524 g/mol. The minimum Gasteiger partial charge on any atom is -0.368 e. The van der Waals surface area contributed by atoms with Crippen LogP contribution in [-0.4, -0.2) is 59.9 Å². The Hall–Kier alpha value is -1.77. The van der Waals surface area contributed by atoms with Crippen LogP contribution in [0.15, 0.2) is 23.2 Å². The van der Waals surface area contributed by atoms with E-state index in [4.69, 9.17) is 4.99 Å². The Labute approximate surface area is 198 Å². The molecule has 1 aliphatic rings. The van der Waals surface area contributed by atoms with E-state index in [9.17, 15) is 0 Å². The van der Waals surface area contributed by atoms with Gasteiger partial charge in [0.2, 0.25) is 0 Å². The summed E-state index contributed by atoms with van der Waals surface area (Å²) in [6, 6.07) is 6.60. The summed E-state index contributed by atoms with van der Waals surface area (Å²) in [6.07, 6.45) is 0.933. The van der Waals surface area contributed by atoms with E-state index in [0.717, 1.165) is 57.3 Å². The maximum absolute atomic E-state index is 4.93. The van der Waals surface area contributed by atoms with Gasteiger partial charge in [0.05, 0.1) is 5.69 Å². The van der Waals surface area contributed by atoms with Gasteiger partial charge in [-0.05, 0) is 63.8 Å². The van der Waals surface area contributed by atoms with Crippen molar-refractivity contribution in [1.82, 2.24) is 20.0 Å². The second kappa shape index (κ2) is 11.0. The van der Waals surface area contributed by atoms with E-state index >= 15 is 0 Å². The zero-order valence-corrected chi connectivity index (χ0v) is 21.7. The Morgan fingerprint density at radius 1 is 1.10 bits per heavy atom. The van der Waals surface area contributed by atoms with E-state index in [1.165, 1.54) is 28.1 Å². The summed E-state index contributed by atoms with van der Waals surface area (Å²) in [5, 5.41) is 8.01. The molecule has 2 aromatic rings. The molecule has 6 nitrogen and oxygen atoms in total. The van der Waals surface area contributed by atoms with Crippen LogP contribution >= 0.6 is 24.0 Å². The lowest BCUT2D eigenvalue weighted by molar-refractivity contribution is 0.372. The van der Waals surface area contributed by atoms with Crippen molar-refractivity contribution in [1.29, 1.82) is 0 Å². The summed E-state index contributed by atoms with van der Waals surface area (Å²) in [5.74, 6) is 1.03. The number of piperazine rings is 1. The van der Waals surface area contributed by atoms with Crippen LogP contribution in [0.2, 0.25) is 0 Å². The highest BCUT2D eigenvalue weighted by Crippen LogP contribution is 2.24. The predicted molar refractivity (Wildman–Crippen MR) is 137 cm³/mol. The van der Waals surface area contributed by atoms with Gasteiger partial charge in [0.1, 0.15) is 0 Å². The van der Waals surface area contributed by atoms with Crippen molar-refractivity contribution in [3.05, 3.63) is 46.3 Å². The molecule has 1 fully saturated rings. The van der Waals surface area contributed by atoms with Gasteiger partial charge in [0, 0.05) is 57.7 Å². The zero-order chi connectivity index (χ0) is 21.0. The lowest BCUT2D eigenvalue weighted by Gasteiger charge is -2.38. The molecule has 1 saturated heterocycles. The quantitative estimate of drug-likeness (QED) is 0.369. The molecule has 0 amide bonds. The summed E-state index contributed by atoms with van der Waals surface area (Å²) < 4.78 is 1.96. The first-order chi connectivity index (χ1) is 13.9. The minimum atomic E-state index is 0.